The highest BCUT2D eigenvalue weighted by Gasteiger charge is 1.89. The normalized spacial score (nSPS) is 9.89. The molecule has 0 saturated carbocycles. The Hall–Kier alpha value is -0.330. The van der Waals surface area contributed by atoms with E-state index in [4.69, 9.17) is 0 Å². The van der Waals surface area contributed by atoms with Gasteiger partial charge in [0.25, 0.3) is 0 Å². The van der Waals surface area contributed by atoms with E-state index < -0.39 is 0 Å². The highest BCUT2D eigenvalue weighted by molar-refractivity contribution is 5.78. The highest BCUT2D eigenvalue weighted by atomic mass is 14.7. The SMILES string of the molecule is CC(C)=NCCC(C)C. The van der Waals surface area contributed by atoms with E-state index in [9.17, 15) is 0 Å². The molecule has 0 bridgehead atoms. The van der Waals surface area contributed by atoms with Crippen LogP contribution < -0.4 is 0 Å². The van der Waals surface area contributed by atoms with Crippen LogP contribution in [0.5, 0.6) is 0 Å². The summed E-state index contributed by atoms with van der Waals surface area (Å²) in [7, 11) is 0. The predicted octanol–water partition coefficient (Wildman–Crippen LogP) is 2.51. The molecule has 0 aromatic carbocycles. The van der Waals surface area contributed by atoms with Gasteiger partial charge in [0.1, 0.15) is 0 Å². The molecule has 0 rings (SSSR count). The summed E-state index contributed by atoms with van der Waals surface area (Å²) in [4.78, 5) is 4.28. The van der Waals surface area contributed by atoms with Crippen molar-refractivity contribution in [3.63, 3.8) is 0 Å². The van der Waals surface area contributed by atoms with Crippen molar-refractivity contribution >= 4 is 5.71 Å². The molecule has 0 atom stereocenters. The molecule has 0 heterocycles. The van der Waals surface area contributed by atoms with E-state index in [0.717, 1.165) is 12.5 Å². The van der Waals surface area contributed by atoms with Gasteiger partial charge in [-0.1, -0.05) is 13.8 Å². The maximum Gasteiger partial charge on any atom is 0.0390 e. The number of aliphatic imine (C=N–C) groups is 1. The number of rotatable bonds is 3. The van der Waals surface area contributed by atoms with Crippen LogP contribution in [0.1, 0.15) is 34.1 Å². The predicted molar refractivity (Wildman–Crippen MR) is 43.1 cm³/mol. The lowest BCUT2D eigenvalue weighted by atomic mass is 10.1. The molecular weight excluding hydrogens is 110 g/mol. The van der Waals surface area contributed by atoms with Crippen LogP contribution >= 0.6 is 0 Å². The molecular formula is C8H17N. The Morgan fingerprint density at radius 1 is 1.33 bits per heavy atom. The monoisotopic (exact) mass is 127 g/mol. The van der Waals surface area contributed by atoms with E-state index in [0.29, 0.717) is 0 Å². The standard InChI is InChI=1S/C8H17N/c1-7(2)5-6-9-8(3)4/h7H,5-6H2,1-4H3. The van der Waals surface area contributed by atoms with Gasteiger partial charge in [0.15, 0.2) is 0 Å². The molecule has 0 aliphatic carbocycles. The Labute approximate surface area is 58.2 Å². The maximum atomic E-state index is 4.28. The first-order chi connectivity index (χ1) is 4.13. The molecule has 0 fully saturated rings. The first-order valence-electron chi connectivity index (χ1n) is 3.60. The topological polar surface area (TPSA) is 12.4 Å². The first-order valence-corrected chi connectivity index (χ1v) is 3.60. The van der Waals surface area contributed by atoms with Crippen molar-refractivity contribution in [2.45, 2.75) is 34.1 Å². The zero-order chi connectivity index (χ0) is 7.28. The van der Waals surface area contributed by atoms with Gasteiger partial charge in [0, 0.05) is 12.3 Å². The molecule has 1 heteroatoms. The van der Waals surface area contributed by atoms with Crippen molar-refractivity contribution in [3.05, 3.63) is 0 Å². The van der Waals surface area contributed by atoms with Gasteiger partial charge in [-0.05, 0) is 26.2 Å². The van der Waals surface area contributed by atoms with Gasteiger partial charge in [-0.15, -0.1) is 0 Å². The molecule has 0 spiro atoms. The molecule has 0 aromatic rings. The first kappa shape index (κ1) is 8.67. The minimum absolute atomic E-state index is 0.785. The van der Waals surface area contributed by atoms with Crippen molar-refractivity contribution in [2.75, 3.05) is 6.54 Å². The molecule has 0 N–H and O–H groups in total. The van der Waals surface area contributed by atoms with E-state index in [-0.39, 0.29) is 0 Å². The molecule has 0 radical (unpaired) electrons. The summed E-state index contributed by atoms with van der Waals surface area (Å²) < 4.78 is 0. The molecule has 9 heavy (non-hydrogen) atoms. The Bertz CT molecular complexity index is 88.7. The second-order valence-electron chi connectivity index (χ2n) is 3.01. The van der Waals surface area contributed by atoms with Crippen LogP contribution in [0.2, 0.25) is 0 Å². The molecule has 1 nitrogen and oxygen atoms in total. The van der Waals surface area contributed by atoms with Gasteiger partial charge in [0.05, 0.1) is 0 Å². The highest BCUT2D eigenvalue weighted by Crippen LogP contribution is 1.98. The molecule has 0 aromatic heterocycles. The summed E-state index contributed by atoms with van der Waals surface area (Å²) in [6.45, 7) is 9.53. The van der Waals surface area contributed by atoms with Gasteiger partial charge < -0.3 is 0 Å². The average Bonchev–Trinajstić information content (AvgIpc) is 1.63. The van der Waals surface area contributed by atoms with Crippen LogP contribution in [0.25, 0.3) is 0 Å². The zero-order valence-electron chi connectivity index (χ0n) is 6.94. The summed E-state index contributed by atoms with van der Waals surface area (Å²) in [6, 6.07) is 0. The summed E-state index contributed by atoms with van der Waals surface area (Å²) in [5, 5.41) is 0. The second-order valence-corrected chi connectivity index (χ2v) is 3.01. The van der Waals surface area contributed by atoms with Gasteiger partial charge in [-0.2, -0.15) is 0 Å². The van der Waals surface area contributed by atoms with Crippen LogP contribution in [-0.2, 0) is 0 Å². The smallest absolute Gasteiger partial charge is 0.0390 e. The third kappa shape index (κ3) is 7.67. The lowest BCUT2D eigenvalue weighted by Crippen LogP contribution is -1.92. The van der Waals surface area contributed by atoms with Crippen molar-refractivity contribution in [2.24, 2.45) is 10.9 Å². The van der Waals surface area contributed by atoms with E-state index in [1.807, 2.05) is 13.8 Å². The number of hydrogen-bond donors (Lipinski definition) is 0. The fourth-order valence-electron chi connectivity index (χ4n) is 0.546. The van der Waals surface area contributed by atoms with Crippen molar-refractivity contribution in [3.8, 4) is 0 Å². The van der Waals surface area contributed by atoms with Crippen molar-refractivity contribution in [1.29, 1.82) is 0 Å². The Morgan fingerprint density at radius 2 is 1.89 bits per heavy atom. The van der Waals surface area contributed by atoms with Crippen LogP contribution in [0, 0.1) is 5.92 Å². The van der Waals surface area contributed by atoms with Gasteiger partial charge in [-0.25, -0.2) is 0 Å². The van der Waals surface area contributed by atoms with Crippen LogP contribution in [0.3, 0.4) is 0 Å². The van der Waals surface area contributed by atoms with Crippen molar-refractivity contribution < 1.29 is 0 Å². The van der Waals surface area contributed by atoms with Gasteiger partial charge in [-0.3, -0.25) is 4.99 Å². The van der Waals surface area contributed by atoms with E-state index in [1.54, 1.807) is 0 Å². The third-order valence-electron chi connectivity index (χ3n) is 1.13. The quantitative estimate of drug-likeness (QED) is 0.516. The summed E-state index contributed by atoms with van der Waals surface area (Å²) in [5.41, 5.74) is 1.19. The fourth-order valence-corrected chi connectivity index (χ4v) is 0.546. The fraction of sp³-hybridized carbons (Fsp3) is 0.875. The number of hydrogen-bond acceptors (Lipinski definition) is 1. The third-order valence-corrected chi connectivity index (χ3v) is 1.13. The number of nitrogens with zero attached hydrogens (tertiary/aromatic N) is 1. The molecule has 0 unspecified atom stereocenters. The van der Waals surface area contributed by atoms with Gasteiger partial charge in [0.2, 0.25) is 0 Å². The van der Waals surface area contributed by atoms with E-state index in [1.165, 1.54) is 12.1 Å². The zero-order valence-corrected chi connectivity index (χ0v) is 6.94. The molecule has 0 aliphatic rings. The Kier molecular flexibility index (Phi) is 4.37. The van der Waals surface area contributed by atoms with E-state index >= 15 is 0 Å². The van der Waals surface area contributed by atoms with Gasteiger partial charge >= 0.3 is 0 Å². The summed E-state index contributed by atoms with van der Waals surface area (Å²) >= 11 is 0. The minimum atomic E-state index is 0.785. The van der Waals surface area contributed by atoms with Crippen LogP contribution in [0.4, 0.5) is 0 Å². The van der Waals surface area contributed by atoms with Crippen LogP contribution in [-0.4, -0.2) is 12.3 Å². The largest absolute Gasteiger partial charge is 0.295 e. The Morgan fingerprint density at radius 3 is 2.22 bits per heavy atom. The van der Waals surface area contributed by atoms with E-state index in [2.05, 4.69) is 18.8 Å². The summed E-state index contributed by atoms with van der Waals surface area (Å²) in [6.07, 6.45) is 1.21. The average molecular weight is 127 g/mol. The second kappa shape index (κ2) is 4.54. The minimum Gasteiger partial charge on any atom is -0.295 e. The molecule has 0 amide bonds. The lowest BCUT2D eigenvalue weighted by Gasteiger charge is -1.99. The molecule has 0 saturated heterocycles. The summed E-state index contributed by atoms with van der Waals surface area (Å²) in [5.74, 6) is 0.785. The van der Waals surface area contributed by atoms with Crippen molar-refractivity contribution in [1.82, 2.24) is 0 Å². The lowest BCUT2D eigenvalue weighted by molar-refractivity contribution is 0.597. The van der Waals surface area contributed by atoms with Crippen LogP contribution in [0.15, 0.2) is 4.99 Å². The molecule has 54 valence electrons. The maximum absolute atomic E-state index is 4.28. The Balaban J connectivity index is 3.20. The molecule has 0 aliphatic heterocycles.